The molecule has 1 N–H and O–H groups in total. The van der Waals surface area contributed by atoms with E-state index >= 15 is 0 Å². The lowest BCUT2D eigenvalue weighted by molar-refractivity contribution is -0.138. The van der Waals surface area contributed by atoms with E-state index in [2.05, 4.69) is 0 Å². The van der Waals surface area contributed by atoms with Crippen LogP contribution >= 0.6 is 0 Å². The lowest BCUT2D eigenvalue weighted by Crippen LogP contribution is -2.38. The van der Waals surface area contributed by atoms with E-state index in [1.165, 1.54) is 12.1 Å². The Hall–Kier alpha value is -1.07. The van der Waals surface area contributed by atoms with Crippen LogP contribution in [0.3, 0.4) is 0 Å². The molecule has 2 nitrogen and oxygen atoms in total. The van der Waals surface area contributed by atoms with Crippen LogP contribution in [0.5, 0.6) is 0 Å². The van der Waals surface area contributed by atoms with Gasteiger partial charge in [0.25, 0.3) is 0 Å². The van der Waals surface area contributed by atoms with Gasteiger partial charge in [0.05, 0.1) is 11.7 Å². The Balaban J connectivity index is 2.13. The average Bonchev–Trinajstić information content (AvgIpc) is 2.28. The Morgan fingerprint density at radius 1 is 1.28 bits per heavy atom. The lowest BCUT2D eigenvalue weighted by Gasteiger charge is -2.30. The quantitative estimate of drug-likeness (QED) is 0.882. The first kappa shape index (κ1) is 13.4. The predicted octanol–water partition coefficient (Wildman–Crippen LogP) is 2.66. The SMILES string of the molecule is OC1CCCN(Cc2ccccc2C(F)(F)F)C1. The van der Waals surface area contributed by atoms with Gasteiger partial charge in [0.1, 0.15) is 0 Å². The van der Waals surface area contributed by atoms with Crippen molar-refractivity contribution < 1.29 is 18.3 Å². The molecule has 1 saturated heterocycles. The van der Waals surface area contributed by atoms with Crippen LogP contribution in [0.25, 0.3) is 0 Å². The maximum Gasteiger partial charge on any atom is 0.416 e. The number of benzene rings is 1. The summed E-state index contributed by atoms with van der Waals surface area (Å²) in [6, 6.07) is 5.63. The van der Waals surface area contributed by atoms with Gasteiger partial charge in [-0.2, -0.15) is 13.2 Å². The van der Waals surface area contributed by atoms with Gasteiger partial charge < -0.3 is 5.11 Å². The molecule has 1 heterocycles. The molecule has 0 saturated carbocycles. The van der Waals surface area contributed by atoms with Crippen molar-refractivity contribution in [1.29, 1.82) is 0 Å². The number of rotatable bonds is 2. The fraction of sp³-hybridized carbons (Fsp3) is 0.538. The summed E-state index contributed by atoms with van der Waals surface area (Å²) >= 11 is 0. The third-order valence-corrected chi connectivity index (χ3v) is 3.20. The summed E-state index contributed by atoms with van der Waals surface area (Å²) < 4.78 is 38.4. The Kier molecular flexibility index (Phi) is 3.92. The molecule has 0 spiro atoms. The first-order chi connectivity index (χ1) is 8.47. The van der Waals surface area contributed by atoms with Crippen molar-refractivity contribution in [2.45, 2.75) is 31.7 Å². The van der Waals surface area contributed by atoms with Crippen LogP contribution in [0.1, 0.15) is 24.0 Å². The highest BCUT2D eigenvalue weighted by molar-refractivity contribution is 5.29. The molecule has 0 aromatic heterocycles. The summed E-state index contributed by atoms with van der Waals surface area (Å²) in [5, 5.41) is 9.52. The molecule has 1 unspecified atom stereocenters. The first-order valence-corrected chi connectivity index (χ1v) is 6.02. The highest BCUT2D eigenvalue weighted by Gasteiger charge is 2.33. The minimum atomic E-state index is -4.31. The number of halogens is 3. The van der Waals surface area contributed by atoms with Crippen molar-refractivity contribution in [2.24, 2.45) is 0 Å². The van der Waals surface area contributed by atoms with Gasteiger partial charge in [-0.1, -0.05) is 18.2 Å². The van der Waals surface area contributed by atoms with E-state index in [0.717, 1.165) is 25.5 Å². The largest absolute Gasteiger partial charge is 0.416 e. The van der Waals surface area contributed by atoms with E-state index in [0.29, 0.717) is 6.54 Å². The zero-order valence-corrected chi connectivity index (χ0v) is 9.95. The van der Waals surface area contributed by atoms with Crippen LogP contribution in [0.4, 0.5) is 13.2 Å². The van der Waals surface area contributed by atoms with Crippen LogP contribution in [-0.4, -0.2) is 29.2 Å². The second-order valence-corrected chi connectivity index (χ2v) is 4.69. The molecular weight excluding hydrogens is 243 g/mol. The average molecular weight is 259 g/mol. The van der Waals surface area contributed by atoms with Gasteiger partial charge in [-0.3, -0.25) is 4.90 Å². The molecule has 1 aliphatic rings. The van der Waals surface area contributed by atoms with E-state index in [1.807, 2.05) is 4.90 Å². The molecule has 1 aromatic rings. The summed E-state index contributed by atoms with van der Waals surface area (Å²) in [5.74, 6) is 0. The Morgan fingerprint density at radius 3 is 2.67 bits per heavy atom. The van der Waals surface area contributed by atoms with Crippen LogP contribution in [0.2, 0.25) is 0 Å². The topological polar surface area (TPSA) is 23.5 Å². The summed E-state index contributed by atoms with van der Waals surface area (Å²) in [6.45, 7) is 1.43. The minimum Gasteiger partial charge on any atom is -0.392 e. The number of β-amino-alcohol motifs (C(OH)–C–C–N with tert-alkyl or cyclic N) is 1. The fourth-order valence-electron chi connectivity index (χ4n) is 2.35. The van der Waals surface area contributed by atoms with Gasteiger partial charge in [-0.25, -0.2) is 0 Å². The molecule has 0 radical (unpaired) electrons. The normalized spacial score (nSPS) is 22.1. The van der Waals surface area contributed by atoms with E-state index in [9.17, 15) is 18.3 Å². The molecule has 1 aliphatic heterocycles. The molecule has 5 heteroatoms. The number of hydrogen-bond acceptors (Lipinski definition) is 2. The molecule has 2 rings (SSSR count). The van der Waals surface area contributed by atoms with Crippen molar-refractivity contribution in [1.82, 2.24) is 4.90 Å². The molecule has 1 fully saturated rings. The molecule has 1 atom stereocenters. The van der Waals surface area contributed by atoms with Crippen molar-refractivity contribution in [3.63, 3.8) is 0 Å². The number of likely N-dealkylation sites (tertiary alicyclic amines) is 1. The number of nitrogens with zero attached hydrogens (tertiary/aromatic N) is 1. The number of aliphatic hydroxyl groups excluding tert-OH is 1. The highest BCUT2D eigenvalue weighted by Crippen LogP contribution is 2.32. The van der Waals surface area contributed by atoms with Crippen LogP contribution in [0, 0.1) is 0 Å². The lowest BCUT2D eigenvalue weighted by atomic mass is 10.0. The first-order valence-electron chi connectivity index (χ1n) is 6.02. The van der Waals surface area contributed by atoms with Gasteiger partial charge in [-0.05, 0) is 31.0 Å². The van der Waals surface area contributed by atoms with Gasteiger partial charge >= 0.3 is 6.18 Å². The molecular formula is C13H16F3NO. The maximum atomic E-state index is 12.8. The van der Waals surface area contributed by atoms with Gasteiger partial charge in [0, 0.05) is 13.1 Å². The molecule has 0 bridgehead atoms. The molecule has 1 aromatic carbocycles. The van der Waals surface area contributed by atoms with E-state index < -0.39 is 17.8 Å². The fourth-order valence-corrected chi connectivity index (χ4v) is 2.35. The van der Waals surface area contributed by atoms with E-state index in [1.54, 1.807) is 6.07 Å². The van der Waals surface area contributed by atoms with Crippen LogP contribution in [0.15, 0.2) is 24.3 Å². The van der Waals surface area contributed by atoms with Crippen molar-refractivity contribution in [3.8, 4) is 0 Å². The summed E-state index contributed by atoms with van der Waals surface area (Å²) in [5.41, 5.74) is -0.302. The second kappa shape index (κ2) is 5.28. The number of hydrogen-bond donors (Lipinski definition) is 1. The third kappa shape index (κ3) is 3.23. The zero-order chi connectivity index (χ0) is 13.2. The van der Waals surface area contributed by atoms with Gasteiger partial charge in [0.2, 0.25) is 0 Å². The smallest absolute Gasteiger partial charge is 0.392 e. The Bertz CT molecular complexity index is 405. The molecule has 0 aliphatic carbocycles. The summed E-state index contributed by atoms with van der Waals surface area (Å²) in [4.78, 5) is 1.87. The zero-order valence-electron chi connectivity index (χ0n) is 9.95. The number of piperidine rings is 1. The van der Waals surface area contributed by atoms with Crippen molar-refractivity contribution >= 4 is 0 Å². The monoisotopic (exact) mass is 259 g/mol. The van der Waals surface area contributed by atoms with Gasteiger partial charge in [0.15, 0.2) is 0 Å². The minimum absolute atomic E-state index is 0.243. The molecule has 0 amide bonds. The Labute approximate surface area is 104 Å². The Morgan fingerprint density at radius 2 is 2.00 bits per heavy atom. The van der Waals surface area contributed by atoms with Crippen molar-refractivity contribution in [2.75, 3.05) is 13.1 Å². The summed E-state index contributed by atoms with van der Waals surface area (Å²) in [7, 11) is 0. The van der Waals surface area contributed by atoms with Crippen LogP contribution < -0.4 is 0 Å². The third-order valence-electron chi connectivity index (χ3n) is 3.20. The standard InChI is InChI=1S/C13H16F3NO/c14-13(15,16)12-6-2-1-4-10(12)8-17-7-3-5-11(18)9-17/h1-2,4,6,11,18H,3,5,7-9H2. The van der Waals surface area contributed by atoms with E-state index in [4.69, 9.17) is 0 Å². The number of aliphatic hydroxyl groups is 1. The maximum absolute atomic E-state index is 12.8. The number of alkyl halides is 3. The van der Waals surface area contributed by atoms with E-state index in [-0.39, 0.29) is 12.1 Å². The predicted molar refractivity (Wildman–Crippen MR) is 62.0 cm³/mol. The molecule has 100 valence electrons. The van der Waals surface area contributed by atoms with Crippen molar-refractivity contribution in [3.05, 3.63) is 35.4 Å². The summed E-state index contributed by atoms with van der Waals surface area (Å²) in [6.07, 6.45) is -3.17. The van der Waals surface area contributed by atoms with Gasteiger partial charge in [-0.15, -0.1) is 0 Å². The molecule has 18 heavy (non-hydrogen) atoms. The highest BCUT2D eigenvalue weighted by atomic mass is 19.4. The van der Waals surface area contributed by atoms with Crippen LogP contribution in [-0.2, 0) is 12.7 Å². The second-order valence-electron chi connectivity index (χ2n) is 4.69.